The van der Waals surface area contributed by atoms with Crippen LogP contribution in [0.25, 0.3) is 111 Å². The Labute approximate surface area is 413 Å². The fourth-order valence-electron chi connectivity index (χ4n) is 10.5. The van der Waals surface area contributed by atoms with Crippen LogP contribution in [0.5, 0.6) is 0 Å². The summed E-state index contributed by atoms with van der Waals surface area (Å²) in [5, 5.41) is 3.29. The minimum Gasteiger partial charge on any atom is -0.436 e. The predicted octanol–water partition coefficient (Wildman–Crippen LogP) is 16.1. The molecule has 0 saturated heterocycles. The quantitative estimate of drug-likeness (QED) is 0.151. The van der Waals surface area contributed by atoms with Crippen LogP contribution in [0.3, 0.4) is 0 Å². The van der Waals surface area contributed by atoms with Crippen LogP contribution < -0.4 is 0 Å². The Bertz CT molecular complexity index is 3980. The summed E-state index contributed by atoms with van der Waals surface area (Å²) in [7, 11) is 0. The van der Waals surface area contributed by atoms with E-state index in [1.54, 1.807) is 11.3 Å². The summed E-state index contributed by atoms with van der Waals surface area (Å²) in [5.74, 6) is 2.15. The van der Waals surface area contributed by atoms with Gasteiger partial charge in [-0.3, -0.25) is 0 Å². The normalized spacial score (nSPS) is 12.6. The molecule has 0 aliphatic heterocycles. The van der Waals surface area contributed by atoms with E-state index in [-0.39, 0.29) is 0 Å². The van der Waals surface area contributed by atoms with Crippen LogP contribution in [-0.4, -0.2) is 24.9 Å². The van der Waals surface area contributed by atoms with Gasteiger partial charge >= 0.3 is 0 Å². The molecule has 1 aliphatic rings. The molecule has 0 N–H and O–H groups in total. The van der Waals surface area contributed by atoms with Crippen LogP contribution in [-0.2, 0) is 5.41 Å². The lowest BCUT2D eigenvalue weighted by Crippen LogP contribution is -2.28. The lowest BCUT2D eigenvalue weighted by Gasteiger charge is -2.33. The van der Waals surface area contributed by atoms with Crippen molar-refractivity contribution in [2.24, 2.45) is 0 Å². The summed E-state index contributed by atoms with van der Waals surface area (Å²) in [4.78, 5) is 26.1. The summed E-state index contributed by atoms with van der Waals surface area (Å²) in [5.41, 5.74) is 15.6. The van der Waals surface area contributed by atoms with Crippen LogP contribution in [0.2, 0.25) is 0 Å². The molecule has 13 aromatic rings. The topological polar surface area (TPSA) is 77.6 Å². The number of aromatic nitrogens is 5. The lowest BCUT2D eigenvalue weighted by molar-refractivity contribution is 0.620. The van der Waals surface area contributed by atoms with E-state index in [0.29, 0.717) is 28.9 Å². The van der Waals surface area contributed by atoms with Crippen LogP contribution in [0, 0.1) is 0 Å². The maximum Gasteiger partial charge on any atom is 0.227 e. The predicted molar refractivity (Wildman–Crippen MR) is 288 cm³/mol. The first kappa shape index (κ1) is 40.9. The van der Waals surface area contributed by atoms with Crippen molar-refractivity contribution in [1.82, 2.24) is 24.9 Å². The SMILES string of the molecule is c1ccc(C2(c3ccccc3)c3ccccc3-c3cc(-c4nc(-c5ccc(-c6ccc7ccccc7c6)cc5)nc(-c5cc(-c6nc7ccccc7o6)cc(-c6nc7ccccc7s6)c5)n4)ccc32)cc1. The third-order valence-electron chi connectivity index (χ3n) is 13.9. The zero-order valence-corrected chi connectivity index (χ0v) is 38.9. The zero-order chi connectivity index (χ0) is 46.9. The average Bonchev–Trinajstić information content (AvgIpc) is 4.17. The molecule has 0 fully saturated rings. The molecule has 3 aromatic heterocycles. The molecule has 0 unspecified atom stereocenters. The highest BCUT2D eigenvalue weighted by molar-refractivity contribution is 7.21. The molecule has 0 bridgehead atoms. The van der Waals surface area contributed by atoms with Crippen molar-refractivity contribution < 1.29 is 4.42 Å². The molecule has 0 saturated carbocycles. The van der Waals surface area contributed by atoms with Crippen molar-refractivity contribution in [3.8, 4) is 78.4 Å². The number of hydrogen-bond donors (Lipinski definition) is 0. The molecule has 332 valence electrons. The van der Waals surface area contributed by atoms with Crippen molar-refractivity contribution in [2.45, 2.75) is 5.41 Å². The number of fused-ring (bicyclic) bond motifs is 6. The van der Waals surface area contributed by atoms with Crippen LogP contribution in [0.15, 0.2) is 241 Å². The van der Waals surface area contributed by atoms with E-state index < -0.39 is 5.41 Å². The van der Waals surface area contributed by atoms with Crippen molar-refractivity contribution >= 4 is 43.4 Å². The number of thiazole rings is 1. The summed E-state index contributed by atoms with van der Waals surface area (Å²) in [6.07, 6.45) is 0. The second-order valence-corrected chi connectivity index (χ2v) is 19.0. The van der Waals surface area contributed by atoms with E-state index in [0.717, 1.165) is 65.2 Å². The molecule has 71 heavy (non-hydrogen) atoms. The Morgan fingerprint density at radius 3 is 1.69 bits per heavy atom. The molecule has 7 heteroatoms. The standard InChI is InChI=1S/C64H39N5OS/c1-3-17-49(18-4-1)64(50-19-5-2-6-20-50)53-22-10-9-21-51(53)52-39-45(33-34-54(52)64)60-67-59(42-30-27-41(28-31-42)44-32-29-40-15-7-8-16-43(40)35-44)68-61(69-60)46-36-47(62-65-55-23-11-13-25-57(55)70-62)38-48(37-46)63-66-56-24-12-14-26-58(56)71-63/h1-39H. The van der Waals surface area contributed by atoms with Crippen molar-refractivity contribution in [2.75, 3.05) is 0 Å². The van der Waals surface area contributed by atoms with Gasteiger partial charge in [-0.2, -0.15) is 0 Å². The maximum atomic E-state index is 6.42. The highest BCUT2D eigenvalue weighted by Gasteiger charge is 2.46. The van der Waals surface area contributed by atoms with Gasteiger partial charge < -0.3 is 4.42 Å². The largest absolute Gasteiger partial charge is 0.436 e. The molecule has 14 rings (SSSR count). The molecule has 3 heterocycles. The third kappa shape index (κ3) is 6.89. The molecule has 0 atom stereocenters. The molecular formula is C64H39N5OS. The molecule has 1 aliphatic carbocycles. The summed E-state index contributed by atoms with van der Waals surface area (Å²) >= 11 is 1.65. The first-order valence-corrected chi connectivity index (χ1v) is 24.5. The van der Waals surface area contributed by atoms with E-state index in [1.807, 2.05) is 36.4 Å². The van der Waals surface area contributed by atoms with Gasteiger partial charge in [-0.05, 0) is 110 Å². The zero-order valence-electron chi connectivity index (χ0n) is 38.1. The number of hydrogen-bond acceptors (Lipinski definition) is 7. The molecule has 10 aromatic carbocycles. The van der Waals surface area contributed by atoms with Crippen LogP contribution in [0.1, 0.15) is 22.3 Å². The summed E-state index contributed by atoms with van der Waals surface area (Å²) < 4.78 is 7.53. The Hall–Kier alpha value is -9.17. The summed E-state index contributed by atoms with van der Waals surface area (Å²) in [6.45, 7) is 0. The van der Waals surface area contributed by atoms with Crippen molar-refractivity contribution in [3.63, 3.8) is 0 Å². The monoisotopic (exact) mass is 925 g/mol. The van der Waals surface area contributed by atoms with Gasteiger partial charge in [0, 0.05) is 27.8 Å². The molecular weight excluding hydrogens is 887 g/mol. The first-order valence-electron chi connectivity index (χ1n) is 23.7. The molecule has 0 spiro atoms. The van der Waals surface area contributed by atoms with E-state index in [2.05, 4.69) is 200 Å². The van der Waals surface area contributed by atoms with Crippen LogP contribution >= 0.6 is 11.3 Å². The van der Waals surface area contributed by atoms with Crippen molar-refractivity contribution in [3.05, 3.63) is 259 Å². The van der Waals surface area contributed by atoms with Crippen molar-refractivity contribution in [1.29, 1.82) is 0 Å². The van der Waals surface area contributed by atoms with Gasteiger partial charge in [0.2, 0.25) is 5.89 Å². The van der Waals surface area contributed by atoms with E-state index in [9.17, 15) is 0 Å². The number of para-hydroxylation sites is 3. The fourth-order valence-corrected chi connectivity index (χ4v) is 11.5. The average molecular weight is 926 g/mol. The highest BCUT2D eigenvalue weighted by Crippen LogP contribution is 2.56. The highest BCUT2D eigenvalue weighted by atomic mass is 32.1. The van der Waals surface area contributed by atoms with E-state index in [4.69, 9.17) is 29.3 Å². The Morgan fingerprint density at radius 2 is 0.915 bits per heavy atom. The number of nitrogens with zero attached hydrogens (tertiary/aromatic N) is 5. The second kappa shape index (κ2) is 16.5. The molecule has 0 amide bonds. The van der Waals surface area contributed by atoms with Gasteiger partial charge in [0.1, 0.15) is 10.5 Å². The smallest absolute Gasteiger partial charge is 0.227 e. The number of rotatable bonds is 8. The van der Waals surface area contributed by atoms with Gasteiger partial charge in [0.05, 0.1) is 15.6 Å². The molecule has 6 nitrogen and oxygen atoms in total. The minimum atomic E-state index is -0.530. The van der Waals surface area contributed by atoms with E-state index >= 15 is 0 Å². The van der Waals surface area contributed by atoms with Gasteiger partial charge in [0.25, 0.3) is 0 Å². The lowest BCUT2D eigenvalue weighted by atomic mass is 9.67. The Kier molecular flexibility index (Phi) is 9.50. The van der Waals surface area contributed by atoms with Gasteiger partial charge in [0.15, 0.2) is 23.1 Å². The maximum absolute atomic E-state index is 6.42. The van der Waals surface area contributed by atoms with Crippen LogP contribution in [0.4, 0.5) is 0 Å². The van der Waals surface area contributed by atoms with Gasteiger partial charge in [-0.25, -0.2) is 24.9 Å². The fraction of sp³-hybridized carbons (Fsp3) is 0.0156. The Morgan fingerprint density at radius 1 is 0.338 bits per heavy atom. The Balaban J connectivity index is 0.970. The van der Waals surface area contributed by atoms with Gasteiger partial charge in [-0.15, -0.1) is 11.3 Å². The minimum absolute atomic E-state index is 0.506. The third-order valence-corrected chi connectivity index (χ3v) is 14.9. The first-order chi connectivity index (χ1) is 35.1. The van der Waals surface area contributed by atoms with Gasteiger partial charge in [-0.1, -0.05) is 182 Å². The number of oxazole rings is 1. The van der Waals surface area contributed by atoms with E-state index in [1.165, 1.54) is 38.6 Å². The number of benzene rings is 10. The second-order valence-electron chi connectivity index (χ2n) is 18.0. The summed E-state index contributed by atoms with van der Waals surface area (Å²) in [6, 6.07) is 83.2. The molecule has 0 radical (unpaired) electrons.